The number of hydrogen-bond donors (Lipinski definition) is 1. The van der Waals surface area contributed by atoms with E-state index in [1.54, 1.807) is 30.3 Å². The minimum Gasteiger partial charge on any atom is -0.321 e. The number of benzene rings is 3. The molecule has 0 radical (unpaired) electrons. The molecular weight excluding hydrogens is 476 g/mol. The summed E-state index contributed by atoms with van der Waals surface area (Å²) in [5.41, 5.74) is 3.60. The van der Waals surface area contributed by atoms with Gasteiger partial charge < -0.3 is 5.32 Å². The molecule has 0 bridgehead atoms. The number of anilines is 2. The number of carbonyl (C=O) groups is 1. The van der Waals surface area contributed by atoms with Crippen LogP contribution in [0.15, 0.2) is 77.7 Å². The highest BCUT2D eigenvalue weighted by atomic mass is 32.2. The van der Waals surface area contributed by atoms with E-state index in [0.717, 1.165) is 40.6 Å². The highest BCUT2D eigenvalue weighted by molar-refractivity contribution is 7.92. The topological polar surface area (TPSA) is 66.5 Å². The lowest BCUT2D eigenvalue weighted by atomic mass is 10.1. The third-order valence-corrected chi connectivity index (χ3v) is 8.97. The molecular formula is C28H30N2O3S2. The molecule has 0 fully saturated rings. The van der Waals surface area contributed by atoms with Crippen molar-refractivity contribution in [1.82, 2.24) is 0 Å². The summed E-state index contributed by atoms with van der Waals surface area (Å²) in [6.45, 7) is 6.21. The molecule has 0 saturated carbocycles. The number of sulfonamides is 1. The molecule has 1 aromatic heterocycles. The van der Waals surface area contributed by atoms with Gasteiger partial charge in [0.05, 0.1) is 15.5 Å². The average Bonchev–Trinajstić information content (AvgIpc) is 3.28. The molecule has 1 amide bonds. The number of nitrogens with one attached hydrogen (secondary N) is 1. The standard InChI is InChI=1S/C28H30N2O3S2/c1-4-6-7-21-10-12-23(13-11-21)29-28(31)27-19-22-18-24(14-17-26(22)34-27)30(5-2)35(32,33)25-15-8-20(3)9-16-25/h8-19H,4-7H2,1-3H3,(H,29,31). The first-order chi connectivity index (χ1) is 16.8. The van der Waals surface area contributed by atoms with Crippen molar-refractivity contribution >= 4 is 48.7 Å². The van der Waals surface area contributed by atoms with Crippen LogP contribution in [0, 0.1) is 6.92 Å². The summed E-state index contributed by atoms with van der Waals surface area (Å²) < 4.78 is 28.9. The number of hydrogen-bond acceptors (Lipinski definition) is 4. The van der Waals surface area contributed by atoms with E-state index in [1.165, 1.54) is 21.2 Å². The minimum atomic E-state index is -3.69. The predicted molar refractivity (Wildman–Crippen MR) is 146 cm³/mol. The number of nitrogens with zero attached hydrogens (tertiary/aromatic N) is 1. The van der Waals surface area contributed by atoms with Crippen LogP contribution in [0.3, 0.4) is 0 Å². The lowest BCUT2D eigenvalue weighted by molar-refractivity contribution is 0.103. The summed E-state index contributed by atoms with van der Waals surface area (Å²) >= 11 is 1.39. The quantitative estimate of drug-likeness (QED) is 0.265. The van der Waals surface area contributed by atoms with Crippen molar-refractivity contribution in [3.8, 4) is 0 Å². The summed E-state index contributed by atoms with van der Waals surface area (Å²) in [6.07, 6.45) is 3.34. The Kier molecular flexibility index (Phi) is 7.57. The Labute approximate surface area is 211 Å². The zero-order valence-electron chi connectivity index (χ0n) is 20.2. The second-order valence-corrected chi connectivity index (χ2v) is 11.5. The fraction of sp³-hybridized carbons (Fsp3) is 0.250. The first-order valence-electron chi connectivity index (χ1n) is 11.8. The van der Waals surface area contributed by atoms with Gasteiger partial charge in [-0.15, -0.1) is 11.3 Å². The third kappa shape index (κ3) is 5.57. The molecule has 0 aliphatic rings. The van der Waals surface area contributed by atoms with Crippen molar-refractivity contribution in [2.24, 2.45) is 0 Å². The predicted octanol–water partition coefficient (Wildman–Crippen LogP) is 7.02. The van der Waals surface area contributed by atoms with Crippen molar-refractivity contribution in [2.45, 2.75) is 44.9 Å². The van der Waals surface area contributed by atoms with E-state index in [4.69, 9.17) is 0 Å². The molecule has 0 saturated heterocycles. The highest BCUT2D eigenvalue weighted by Gasteiger charge is 2.24. The van der Waals surface area contributed by atoms with E-state index in [9.17, 15) is 13.2 Å². The van der Waals surface area contributed by atoms with Gasteiger partial charge in [-0.25, -0.2) is 8.42 Å². The molecule has 4 rings (SSSR count). The average molecular weight is 507 g/mol. The summed E-state index contributed by atoms with van der Waals surface area (Å²) in [5, 5.41) is 3.80. The number of rotatable bonds is 9. The van der Waals surface area contributed by atoms with Crippen molar-refractivity contribution in [1.29, 1.82) is 0 Å². The maximum Gasteiger partial charge on any atom is 0.265 e. The van der Waals surface area contributed by atoms with Crippen LogP contribution in [0.25, 0.3) is 10.1 Å². The molecule has 5 nitrogen and oxygen atoms in total. The zero-order valence-corrected chi connectivity index (χ0v) is 21.9. The summed E-state index contributed by atoms with van der Waals surface area (Å²) in [5.74, 6) is -0.173. The van der Waals surface area contributed by atoms with Gasteiger partial charge in [-0.2, -0.15) is 0 Å². The minimum absolute atomic E-state index is 0.173. The third-order valence-electron chi connectivity index (χ3n) is 5.94. The van der Waals surface area contributed by atoms with E-state index in [0.29, 0.717) is 17.1 Å². The summed E-state index contributed by atoms with van der Waals surface area (Å²) in [6, 6.07) is 22.2. The molecule has 0 aliphatic carbocycles. The van der Waals surface area contributed by atoms with Gasteiger partial charge in [0.1, 0.15) is 0 Å². The number of unbranched alkanes of at least 4 members (excludes halogenated alkanes) is 1. The Bertz CT molecular complexity index is 1420. The molecule has 0 unspecified atom stereocenters. The molecule has 1 heterocycles. The molecule has 0 spiro atoms. The summed E-state index contributed by atoms with van der Waals surface area (Å²) in [7, 11) is -3.69. The second-order valence-electron chi connectivity index (χ2n) is 8.57. The van der Waals surface area contributed by atoms with Crippen molar-refractivity contribution < 1.29 is 13.2 Å². The second kappa shape index (κ2) is 10.6. The van der Waals surface area contributed by atoms with Crippen LogP contribution in [-0.4, -0.2) is 20.9 Å². The number of amides is 1. The van der Waals surface area contributed by atoms with E-state index in [1.807, 2.05) is 44.2 Å². The van der Waals surface area contributed by atoms with Gasteiger partial charge in [-0.1, -0.05) is 43.2 Å². The van der Waals surface area contributed by atoms with Gasteiger partial charge in [0.15, 0.2) is 0 Å². The van der Waals surface area contributed by atoms with Crippen molar-refractivity contribution in [2.75, 3.05) is 16.2 Å². The molecule has 7 heteroatoms. The van der Waals surface area contributed by atoms with Gasteiger partial charge in [0.25, 0.3) is 15.9 Å². The Balaban J connectivity index is 1.55. The largest absolute Gasteiger partial charge is 0.321 e. The lowest BCUT2D eigenvalue weighted by Crippen LogP contribution is -2.30. The molecule has 35 heavy (non-hydrogen) atoms. The highest BCUT2D eigenvalue weighted by Crippen LogP contribution is 2.32. The number of thiophene rings is 1. The first-order valence-corrected chi connectivity index (χ1v) is 14.1. The van der Waals surface area contributed by atoms with Gasteiger partial charge in [0.2, 0.25) is 0 Å². The SMILES string of the molecule is CCCCc1ccc(NC(=O)c2cc3cc(N(CC)S(=O)(=O)c4ccc(C)cc4)ccc3s2)cc1. The molecule has 1 N–H and O–H groups in total. The Morgan fingerprint density at radius 1 is 0.943 bits per heavy atom. The molecule has 3 aromatic carbocycles. The van der Waals surface area contributed by atoms with Crippen LogP contribution in [0.4, 0.5) is 11.4 Å². The zero-order chi connectivity index (χ0) is 25.0. The Morgan fingerprint density at radius 2 is 1.66 bits per heavy atom. The van der Waals surface area contributed by atoms with Gasteiger partial charge in [-0.3, -0.25) is 9.10 Å². The number of fused-ring (bicyclic) bond motifs is 1. The van der Waals surface area contributed by atoms with E-state index < -0.39 is 10.0 Å². The van der Waals surface area contributed by atoms with Gasteiger partial charge in [0, 0.05) is 16.9 Å². The Hall–Kier alpha value is -3.16. The monoisotopic (exact) mass is 506 g/mol. The van der Waals surface area contributed by atoms with Gasteiger partial charge >= 0.3 is 0 Å². The van der Waals surface area contributed by atoms with Crippen LogP contribution in [0.5, 0.6) is 0 Å². The van der Waals surface area contributed by atoms with Crippen LogP contribution >= 0.6 is 11.3 Å². The number of aryl methyl sites for hydroxylation is 2. The van der Waals surface area contributed by atoms with Crippen LogP contribution in [0.1, 0.15) is 47.5 Å². The van der Waals surface area contributed by atoms with E-state index >= 15 is 0 Å². The van der Waals surface area contributed by atoms with E-state index in [2.05, 4.69) is 24.4 Å². The fourth-order valence-corrected chi connectivity index (χ4v) is 6.36. The van der Waals surface area contributed by atoms with Crippen LogP contribution in [-0.2, 0) is 16.4 Å². The molecule has 0 aliphatic heterocycles. The van der Waals surface area contributed by atoms with Crippen molar-refractivity contribution in [3.05, 3.63) is 88.8 Å². The normalized spacial score (nSPS) is 11.5. The smallest absolute Gasteiger partial charge is 0.265 e. The summed E-state index contributed by atoms with van der Waals surface area (Å²) in [4.78, 5) is 13.7. The molecule has 182 valence electrons. The molecule has 0 atom stereocenters. The maximum atomic E-state index is 13.3. The first kappa shape index (κ1) is 24.9. The molecule has 4 aromatic rings. The van der Waals surface area contributed by atoms with Gasteiger partial charge in [-0.05, 0) is 86.2 Å². The lowest BCUT2D eigenvalue weighted by Gasteiger charge is -2.23. The van der Waals surface area contributed by atoms with Crippen molar-refractivity contribution in [3.63, 3.8) is 0 Å². The Morgan fingerprint density at radius 3 is 2.31 bits per heavy atom. The van der Waals surface area contributed by atoms with Crippen LogP contribution in [0.2, 0.25) is 0 Å². The number of carbonyl (C=O) groups excluding carboxylic acids is 1. The fourth-order valence-electron chi connectivity index (χ4n) is 3.95. The maximum absolute atomic E-state index is 13.3. The van der Waals surface area contributed by atoms with Crippen LogP contribution < -0.4 is 9.62 Å². The van der Waals surface area contributed by atoms with E-state index in [-0.39, 0.29) is 10.8 Å².